The Morgan fingerprint density at radius 3 is 2.62 bits per heavy atom. The van der Waals surface area contributed by atoms with Gasteiger partial charge in [-0.15, -0.1) is 24.2 Å². The van der Waals surface area contributed by atoms with Crippen LogP contribution in [0.2, 0.25) is 0 Å². The Labute approximate surface area is 107 Å². The van der Waals surface area contributed by atoms with E-state index in [0.717, 1.165) is 5.75 Å². The molecule has 3 N–H and O–H groups in total. The van der Waals surface area contributed by atoms with Crippen LogP contribution in [0.4, 0.5) is 0 Å². The van der Waals surface area contributed by atoms with E-state index in [0.29, 0.717) is 6.54 Å². The Hall–Kier alpha value is -0.710. The van der Waals surface area contributed by atoms with Crippen molar-refractivity contribution in [2.24, 2.45) is 5.73 Å². The second-order valence-electron chi connectivity index (χ2n) is 3.24. The van der Waals surface area contributed by atoms with Crippen molar-refractivity contribution >= 4 is 30.1 Å². The summed E-state index contributed by atoms with van der Waals surface area (Å²) in [6.45, 7) is 2.33. The first-order chi connectivity index (χ1) is 7.20. The predicted octanol–water partition coefficient (Wildman–Crippen LogP) is 1.66. The number of nitrogens with two attached hydrogens (primary N) is 1. The SMILES string of the molecule is C[C@@H](N)C(=O)NCCSc1ccccc1.Cl. The minimum absolute atomic E-state index is 0. The maximum Gasteiger partial charge on any atom is 0.236 e. The Bertz CT molecular complexity index is 306. The van der Waals surface area contributed by atoms with Crippen molar-refractivity contribution in [3.63, 3.8) is 0 Å². The molecule has 0 fully saturated rings. The van der Waals surface area contributed by atoms with Crippen LogP contribution in [0.5, 0.6) is 0 Å². The molecule has 0 unspecified atom stereocenters. The van der Waals surface area contributed by atoms with E-state index in [9.17, 15) is 4.79 Å². The molecule has 0 radical (unpaired) electrons. The van der Waals surface area contributed by atoms with Crippen LogP contribution in [0, 0.1) is 0 Å². The van der Waals surface area contributed by atoms with Crippen LogP contribution < -0.4 is 11.1 Å². The van der Waals surface area contributed by atoms with Gasteiger partial charge >= 0.3 is 0 Å². The number of rotatable bonds is 5. The number of halogens is 1. The van der Waals surface area contributed by atoms with E-state index in [-0.39, 0.29) is 18.3 Å². The molecule has 0 saturated carbocycles. The molecule has 0 aliphatic heterocycles. The number of nitrogens with one attached hydrogen (secondary N) is 1. The van der Waals surface area contributed by atoms with Gasteiger partial charge in [-0.3, -0.25) is 4.79 Å². The zero-order valence-electron chi connectivity index (χ0n) is 9.18. The van der Waals surface area contributed by atoms with Gasteiger partial charge in [0.1, 0.15) is 0 Å². The molecule has 1 aromatic rings. The standard InChI is InChI=1S/C11H16N2OS.ClH/c1-9(12)11(14)13-7-8-15-10-5-3-2-4-6-10;/h2-6,9H,7-8,12H2,1H3,(H,13,14);1H/t9-;/m1./s1. The minimum Gasteiger partial charge on any atom is -0.354 e. The Balaban J connectivity index is 0.00000225. The van der Waals surface area contributed by atoms with E-state index in [4.69, 9.17) is 5.73 Å². The first-order valence-corrected chi connectivity index (χ1v) is 5.90. The van der Waals surface area contributed by atoms with Crippen LogP contribution in [-0.2, 0) is 4.79 Å². The number of carbonyl (C=O) groups is 1. The van der Waals surface area contributed by atoms with E-state index < -0.39 is 6.04 Å². The zero-order valence-corrected chi connectivity index (χ0v) is 10.8. The molecular formula is C11H17ClN2OS. The Morgan fingerprint density at radius 1 is 1.44 bits per heavy atom. The highest BCUT2D eigenvalue weighted by molar-refractivity contribution is 7.99. The average molecular weight is 261 g/mol. The summed E-state index contributed by atoms with van der Waals surface area (Å²) in [5.41, 5.74) is 5.41. The largest absolute Gasteiger partial charge is 0.354 e. The summed E-state index contributed by atoms with van der Waals surface area (Å²) >= 11 is 1.72. The van der Waals surface area contributed by atoms with Crippen molar-refractivity contribution in [1.29, 1.82) is 0 Å². The van der Waals surface area contributed by atoms with Crippen LogP contribution >= 0.6 is 24.2 Å². The fourth-order valence-corrected chi connectivity index (χ4v) is 1.81. The highest BCUT2D eigenvalue weighted by atomic mass is 35.5. The van der Waals surface area contributed by atoms with Gasteiger partial charge in [-0.2, -0.15) is 0 Å². The topological polar surface area (TPSA) is 55.1 Å². The van der Waals surface area contributed by atoms with Gasteiger partial charge in [0.15, 0.2) is 0 Å². The molecule has 3 nitrogen and oxygen atoms in total. The van der Waals surface area contributed by atoms with Crippen LogP contribution in [0.15, 0.2) is 35.2 Å². The maximum absolute atomic E-state index is 11.1. The van der Waals surface area contributed by atoms with Gasteiger partial charge in [0.25, 0.3) is 0 Å². The van der Waals surface area contributed by atoms with Crippen molar-refractivity contribution in [2.45, 2.75) is 17.9 Å². The third-order valence-corrected chi connectivity index (χ3v) is 2.84. The second kappa shape index (κ2) is 8.44. The van der Waals surface area contributed by atoms with Crippen LogP contribution in [0.25, 0.3) is 0 Å². The van der Waals surface area contributed by atoms with Gasteiger partial charge in [0.05, 0.1) is 6.04 Å². The Morgan fingerprint density at radius 2 is 2.06 bits per heavy atom. The highest BCUT2D eigenvalue weighted by Crippen LogP contribution is 2.15. The quantitative estimate of drug-likeness (QED) is 0.626. The minimum atomic E-state index is -0.424. The maximum atomic E-state index is 11.1. The van der Waals surface area contributed by atoms with E-state index in [2.05, 4.69) is 17.4 Å². The molecule has 90 valence electrons. The number of amides is 1. The van der Waals surface area contributed by atoms with Crippen LogP contribution in [0.1, 0.15) is 6.92 Å². The number of carbonyl (C=O) groups excluding carboxylic acids is 1. The molecule has 0 spiro atoms. The third kappa shape index (κ3) is 6.00. The van der Waals surface area contributed by atoms with Gasteiger partial charge < -0.3 is 11.1 Å². The van der Waals surface area contributed by atoms with Crippen LogP contribution in [0.3, 0.4) is 0 Å². The van der Waals surface area contributed by atoms with Crippen molar-refractivity contribution in [1.82, 2.24) is 5.32 Å². The summed E-state index contributed by atoms with van der Waals surface area (Å²) in [4.78, 5) is 12.3. The van der Waals surface area contributed by atoms with E-state index in [1.165, 1.54) is 4.90 Å². The average Bonchev–Trinajstić information content (AvgIpc) is 2.25. The van der Waals surface area contributed by atoms with Gasteiger partial charge in [0.2, 0.25) is 5.91 Å². The predicted molar refractivity (Wildman–Crippen MR) is 71.1 cm³/mol. The zero-order chi connectivity index (χ0) is 11.1. The summed E-state index contributed by atoms with van der Waals surface area (Å²) in [6.07, 6.45) is 0. The normalized spacial score (nSPS) is 11.4. The van der Waals surface area contributed by atoms with E-state index in [1.807, 2.05) is 18.2 Å². The first-order valence-electron chi connectivity index (χ1n) is 4.91. The number of hydrogen-bond acceptors (Lipinski definition) is 3. The molecule has 0 saturated heterocycles. The fraction of sp³-hybridized carbons (Fsp3) is 0.364. The molecule has 0 bridgehead atoms. The smallest absolute Gasteiger partial charge is 0.236 e. The van der Waals surface area contributed by atoms with Gasteiger partial charge in [-0.25, -0.2) is 0 Å². The summed E-state index contributed by atoms with van der Waals surface area (Å²) < 4.78 is 0. The second-order valence-corrected chi connectivity index (χ2v) is 4.41. The number of thioether (sulfide) groups is 1. The lowest BCUT2D eigenvalue weighted by Crippen LogP contribution is -2.39. The molecule has 0 heterocycles. The monoisotopic (exact) mass is 260 g/mol. The lowest BCUT2D eigenvalue weighted by Gasteiger charge is -2.07. The molecule has 16 heavy (non-hydrogen) atoms. The number of hydrogen-bond donors (Lipinski definition) is 2. The van der Waals surface area contributed by atoms with Gasteiger partial charge in [-0.1, -0.05) is 18.2 Å². The number of benzene rings is 1. The highest BCUT2D eigenvalue weighted by Gasteiger charge is 2.04. The van der Waals surface area contributed by atoms with Crippen molar-refractivity contribution in [3.05, 3.63) is 30.3 Å². The van der Waals surface area contributed by atoms with Crippen molar-refractivity contribution in [3.8, 4) is 0 Å². The molecule has 1 aromatic carbocycles. The molecule has 0 aliphatic carbocycles. The molecule has 0 aromatic heterocycles. The van der Waals surface area contributed by atoms with Crippen LogP contribution in [-0.4, -0.2) is 24.2 Å². The lowest BCUT2D eigenvalue weighted by molar-refractivity contribution is -0.121. The van der Waals surface area contributed by atoms with Crippen molar-refractivity contribution in [2.75, 3.05) is 12.3 Å². The summed E-state index contributed by atoms with van der Waals surface area (Å²) in [6, 6.07) is 9.68. The lowest BCUT2D eigenvalue weighted by atomic mass is 10.3. The molecule has 1 amide bonds. The summed E-state index contributed by atoms with van der Waals surface area (Å²) in [5.74, 6) is 0.770. The molecule has 1 atom stereocenters. The van der Waals surface area contributed by atoms with Gasteiger partial charge in [0, 0.05) is 17.2 Å². The third-order valence-electron chi connectivity index (χ3n) is 1.83. The first kappa shape index (κ1) is 15.3. The molecule has 5 heteroatoms. The summed E-state index contributed by atoms with van der Waals surface area (Å²) in [5, 5.41) is 2.77. The fourth-order valence-electron chi connectivity index (χ4n) is 1.02. The van der Waals surface area contributed by atoms with Crippen molar-refractivity contribution < 1.29 is 4.79 Å². The van der Waals surface area contributed by atoms with E-state index in [1.54, 1.807) is 18.7 Å². The van der Waals surface area contributed by atoms with E-state index >= 15 is 0 Å². The summed E-state index contributed by atoms with van der Waals surface area (Å²) in [7, 11) is 0. The molecular weight excluding hydrogens is 244 g/mol. The molecule has 0 aliphatic rings. The molecule has 1 rings (SSSR count). The Kier molecular flexibility index (Phi) is 8.07. The van der Waals surface area contributed by atoms with Gasteiger partial charge in [-0.05, 0) is 19.1 Å².